The Balaban J connectivity index is 0.00000112. The van der Waals surface area contributed by atoms with Crippen LogP contribution in [0.15, 0.2) is 6.07 Å². The van der Waals surface area contributed by atoms with Gasteiger partial charge in [0.2, 0.25) is 0 Å². The first kappa shape index (κ1) is 22.0. The summed E-state index contributed by atoms with van der Waals surface area (Å²) in [6, 6.07) is 2.55. The molecule has 3 saturated carbocycles. The molecule has 0 bridgehead atoms. The molecule has 5 rings (SSSR count). The smallest absolute Gasteiger partial charge is 0.134 e. The van der Waals surface area contributed by atoms with Gasteiger partial charge < -0.3 is 15.8 Å². The molecule has 1 aromatic rings. The highest BCUT2D eigenvalue weighted by molar-refractivity contribution is 5.85. The van der Waals surface area contributed by atoms with Crippen LogP contribution in [0.2, 0.25) is 0 Å². The van der Waals surface area contributed by atoms with Crippen molar-refractivity contribution >= 4 is 30.6 Å². The van der Waals surface area contributed by atoms with E-state index in [9.17, 15) is 0 Å². The van der Waals surface area contributed by atoms with Gasteiger partial charge in [-0.1, -0.05) is 0 Å². The first-order valence-corrected chi connectivity index (χ1v) is 10.4. The number of aromatic nitrogens is 2. The predicted octanol–water partition coefficient (Wildman–Crippen LogP) is 2.93. The second-order valence-electron chi connectivity index (χ2n) is 8.98. The van der Waals surface area contributed by atoms with E-state index in [0.717, 1.165) is 57.3 Å². The number of ether oxygens (including phenoxy) is 1. The normalized spacial score (nSPS) is 28.5. The lowest BCUT2D eigenvalue weighted by Gasteiger charge is -2.32. The van der Waals surface area contributed by atoms with Crippen molar-refractivity contribution in [1.82, 2.24) is 14.9 Å². The summed E-state index contributed by atoms with van der Waals surface area (Å²) in [6.45, 7) is 6.13. The fraction of sp³-hybridized carbons (Fsp3) is 0.800. The van der Waals surface area contributed by atoms with Crippen molar-refractivity contribution in [1.29, 1.82) is 0 Å². The average Bonchev–Trinajstić information content (AvgIpc) is 3.53. The molecule has 1 aromatic heterocycles. The number of morpholine rings is 1. The molecule has 1 aliphatic heterocycles. The SMILES string of the molecule is Cl.Cl.NC1CC(c2cc(NCC3(CN4CCOCC4)CC3)nc(C3CC3)n2)C1. The minimum absolute atomic E-state index is 0. The second kappa shape index (κ2) is 9.00. The zero-order chi connectivity index (χ0) is 17.6. The molecule has 1 saturated heterocycles. The molecule has 0 spiro atoms. The Labute approximate surface area is 180 Å². The third kappa shape index (κ3) is 5.08. The Hall–Kier alpha value is -0.660. The number of hydrogen-bond donors (Lipinski definition) is 2. The first-order chi connectivity index (χ1) is 12.7. The Bertz CT molecular complexity index is 656. The van der Waals surface area contributed by atoms with Crippen molar-refractivity contribution in [3.05, 3.63) is 17.6 Å². The molecule has 3 N–H and O–H groups in total. The zero-order valence-electron chi connectivity index (χ0n) is 16.4. The van der Waals surface area contributed by atoms with Crippen molar-refractivity contribution in [3.8, 4) is 0 Å². The molecule has 0 radical (unpaired) electrons. The highest BCUT2D eigenvalue weighted by Gasteiger charge is 2.44. The average molecular weight is 430 g/mol. The van der Waals surface area contributed by atoms with Crippen LogP contribution in [0.3, 0.4) is 0 Å². The molecule has 6 nitrogen and oxygen atoms in total. The van der Waals surface area contributed by atoms with Gasteiger partial charge in [-0.15, -0.1) is 24.8 Å². The molecule has 158 valence electrons. The molecule has 3 aliphatic carbocycles. The van der Waals surface area contributed by atoms with Crippen molar-refractivity contribution in [3.63, 3.8) is 0 Å². The van der Waals surface area contributed by atoms with Crippen molar-refractivity contribution in [2.75, 3.05) is 44.7 Å². The van der Waals surface area contributed by atoms with Crippen LogP contribution >= 0.6 is 24.8 Å². The number of hydrogen-bond acceptors (Lipinski definition) is 6. The molecule has 0 atom stereocenters. The summed E-state index contributed by atoms with van der Waals surface area (Å²) in [7, 11) is 0. The molecule has 28 heavy (non-hydrogen) atoms. The number of anilines is 1. The Morgan fingerprint density at radius 1 is 1.11 bits per heavy atom. The minimum atomic E-state index is 0. The molecular formula is C20H33Cl2N5O. The molecule has 4 aliphatic rings. The monoisotopic (exact) mass is 429 g/mol. The highest BCUT2D eigenvalue weighted by Crippen LogP contribution is 2.47. The van der Waals surface area contributed by atoms with Crippen LogP contribution in [-0.4, -0.2) is 60.3 Å². The van der Waals surface area contributed by atoms with E-state index in [1.165, 1.54) is 37.9 Å². The van der Waals surface area contributed by atoms with Crippen LogP contribution in [-0.2, 0) is 4.74 Å². The van der Waals surface area contributed by atoms with Crippen LogP contribution in [0.5, 0.6) is 0 Å². The predicted molar refractivity (Wildman–Crippen MR) is 116 cm³/mol. The molecule has 0 amide bonds. The van der Waals surface area contributed by atoms with Gasteiger partial charge in [0.25, 0.3) is 0 Å². The quantitative estimate of drug-likeness (QED) is 0.693. The van der Waals surface area contributed by atoms with E-state index in [2.05, 4.69) is 16.3 Å². The maximum Gasteiger partial charge on any atom is 0.134 e. The number of nitrogens with one attached hydrogen (secondary N) is 1. The summed E-state index contributed by atoms with van der Waals surface area (Å²) in [4.78, 5) is 12.3. The lowest BCUT2D eigenvalue weighted by molar-refractivity contribution is 0.0294. The van der Waals surface area contributed by atoms with Gasteiger partial charge in [-0.05, 0) is 38.5 Å². The Morgan fingerprint density at radius 2 is 1.82 bits per heavy atom. The van der Waals surface area contributed by atoms with Crippen LogP contribution < -0.4 is 11.1 Å². The van der Waals surface area contributed by atoms with E-state index in [1.54, 1.807) is 0 Å². The molecule has 4 fully saturated rings. The summed E-state index contributed by atoms with van der Waals surface area (Å²) in [5.74, 6) is 3.22. The molecular weight excluding hydrogens is 397 g/mol. The topological polar surface area (TPSA) is 76.3 Å². The van der Waals surface area contributed by atoms with Crippen molar-refractivity contribution in [2.45, 2.75) is 56.4 Å². The molecule has 2 heterocycles. The number of nitrogens with two attached hydrogens (primary N) is 1. The van der Waals surface area contributed by atoms with E-state index in [1.807, 2.05) is 0 Å². The third-order valence-corrected chi connectivity index (χ3v) is 6.56. The Kier molecular flexibility index (Phi) is 7.09. The van der Waals surface area contributed by atoms with Crippen molar-refractivity contribution < 1.29 is 4.74 Å². The largest absolute Gasteiger partial charge is 0.379 e. The maximum atomic E-state index is 5.99. The highest BCUT2D eigenvalue weighted by atomic mass is 35.5. The molecule has 0 aromatic carbocycles. The van der Waals surface area contributed by atoms with Crippen molar-refractivity contribution in [2.24, 2.45) is 11.1 Å². The number of rotatable bonds is 7. The van der Waals surface area contributed by atoms with Gasteiger partial charge in [0.1, 0.15) is 11.6 Å². The number of halogens is 2. The van der Waals surface area contributed by atoms with E-state index in [0.29, 0.717) is 23.3 Å². The lowest BCUT2D eigenvalue weighted by atomic mass is 9.78. The van der Waals surface area contributed by atoms with Crippen LogP contribution in [0.4, 0.5) is 5.82 Å². The van der Waals surface area contributed by atoms with Gasteiger partial charge in [-0.25, -0.2) is 9.97 Å². The lowest BCUT2D eigenvalue weighted by Crippen LogP contribution is -2.41. The second-order valence-corrected chi connectivity index (χ2v) is 8.98. The fourth-order valence-corrected chi connectivity index (χ4v) is 4.29. The summed E-state index contributed by atoms with van der Waals surface area (Å²) < 4.78 is 5.48. The third-order valence-electron chi connectivity index (χ3n) is 6.56. The van der Waals surface area contributed by atoms with E-state index in [-0.39, 0.29) is 24.8 Å². The number of nitrogens with zero attached hydrogens (tertiary/aromatic N) is 3. The van der Waals surface area contributed by atoms with E-state index >= 15 is 0 Å². The Morgan fingerprint density at radius 3 is 2.43 bits per heavy atom. The van der Waals surface area contributed by atoms with Gasteiger partial charge >= 0.3 is 0 Å². The zero-order valence-corrected chi connectivity index (χ0v) is 18.1. The fourth-order valence-electron chi connectivity index (χ4n) is 4.29. The van der Waals surface area contributed by atoms with E-state index in [4.69, 9.17) is 20.4 Å². The molecule has 8 heteroatoms. The van der Waals surface area contributed by atoms with Crippen LogP contribution in [0, 0.1) is 5.41 Å². The standard InChI is InChI=1S/C20H31N5O.2ClH/c21-16-9-15(10-16)17-11-18(24-19(23-17)14-1-2-14)22-12-20(3-4-20)13-25-5-7-26-8-6-25;;/h11,14-16H,1-10,12-13,21H2,(H,22,23,24);2*1H. The van der Waals surface area contributed by atoms with Gasteiger partial charge in [-0.2, -0.15) is 0 Å². The summed E-state index contributed by atoms with van der Waals surface area (Å²) in [6.07, 6.45) is 7.27. The maximum absolute atomic E-state index is 5.99. The van der Waals surface area contributed by atoms with Crippen LogP contribution in [0.1, 0.15) is 61.9 Å². The van der Waals surface area contributed by atoms with Crippen LogP contribution in [0.25, 0.3) is 0 Å². The minimum Gasteiger partial charge on any atom is -0.379 e. The van der Waals surface area contributed by atoms with Gasteiger partial charge in [-0.3, -0.25) is 4.90 Å². The van der Waals surface area contributed by atoms with Gasteiger partial charge in [0, 0.05) is 61.2 Å². The van der Waals surface area contributed by atoms with Gasteiger partial charge in [0.15, 0.2) is 0 Å². The molecule has 0 unspecified atom stereocenters. The van der Waals surface area contributed by atoms with Gasteiger partial charge in [0.05, 0.1) is 13.2 Å². The summed E-state index contributed by atoms with van der Waals surface area (Å²) >= 11 is 0. The summed E-state index contributed by atoms with van der Waals surface area (Å²) in [5, 5.41) is 3.67. The van der Waals surface area contributed by atoms with E-state index < -0.39 is 0 Å². The first-order valence-electron chi connectivity index (χ1n) is 10.4. The summed E-state index contributed by atoms with van der Waals surface area (Å²) in [5.41, 5.74) is 7.64.